The summed E-state index contributed by atoms with van der Waals surface area (Å²) in [6, 6.07) is 18.4. The molecule has 2 amide bonds. The maximum atomic E-state index is 12.7. The van der Waals surface area contributed by atoms with Gasteiger partial charge in [0.25, 0.3) is 11.8 Å². The van der Waals surface area contributed by atoms with Gasteiger partial charge in [-0.25, -0.2) is 0 Å². The highest BCUT2D eigenvalue weighted by Crippen LogP contribution is 2.16. The van der Waals surface area contributed by atoms with Crippen molar-refractivity contribution in [2.45, 2.75) is 6.92 Å². The van der Waals surface area contributed by atoms with Crippen molar-refractivity contribution in [3.63, 3.8) is 0 Å². The first-order valence-corrected chi connectivity index (χ1v) is 8.21. The first kappa shape index (κ1) is 17.4. The van der Waals surface area contributed by atoms with E-state index >= 15 is 0 Å². The Hall–Kier alpha value is -3.47. The smallest absolute Gasteiger partial charge is 0.259 e. The van der Waals surface area contributed by atoms with Gasteiger partial charge in [-0.3, -0.25) is 14.6 Å². The van der Waals surface area contributed by atoms with Crippen LogP contribution in [0.3, 0.4) is 0 Å². The summed E-state index contributed by atoms with van der Waals surface area (Å²) in [5, 5.41) is 2.82. The van der Waals surface area contributed by atoms with E-state index in [2.05, 4.69) is 10.3 Å². The molecule has 26 heavy (non-hydrogen) atoms. The molecule has 0 unspecified atom stereocenters. The minimum Gasteiger partial charge on any atom is -0.322 e. The monoisotopic (exact) mass is 345 g/mol. The molecule has 1 aromatic heterocycles. The van der Waals surface area contributed by atoms with E-state index in [1.54, 1.807) is 13.1 Å². The lowest BCUT2D eigenvalue weighted by Crippen LogP contribution is -2.26. The second-order valence-corrected chi connectivity index (χ2v) is 5.99. The Labute approximate surface area is 152 Å². The molecule has 0 fully saturated rings. The third-order valence-corrected chi connectivity index (χ3v) is 3.97. The number of carbonyl (C=O) groups is 2. The molecule has 0 radical (unpaired) electrons. The topological polar surface area (TPSA) is 62.3 Å². The molecule has 3 rings (SSSR count). The van der Waals surface area contributed by atoms with Gasteiger partial charge in [-0.1, -0.05) is 30.3 Å². The highest BCUT2D eigenvalue weighted by molar-refractivity contribution is 6.09. The molecule has 1 heterocycles. The van der Waals surface area contributed by atoms with E-state index in [1.165, 1.54) is 17.3 Å². The van der Waals surface area contributed by atoms with E-state index < -0.39 is 0 Å². The molecule has 0 saturated carbocycles. The summed E-state index contributed by atoms with van der Waals surface area (Å²) >= 11 is 0. The number of carbonyl (C=O) groups excluding carboxylic acids is 2. The molecule has 0 aliphatic heterocycles. The number of benzene rings is 2. The fourth-order valence-electron chi connectivity index (χ4n) is 2.57. The average Bonchev–Trinajstić information content (AvgIpc) is 2.67. The highest BCUT2D eigenvalue weighted by Gasteiger charge is 2.16. The Morgan fingerprint density at radius 1 is 0.923 bits per heavy atom. The van der Waals surface area contributed by atoms with E-state index in [1.807, 2.05) is 61.5 Å². The van der Waals surface area contributed by atoms with Crippen molar-refractivity contribution in [2.75, 3.05) is 17.3 Å². The van der Waals surface area contributed by atoms with Crippen molar-refractivity contribution in [1.82, 2.24) is 4.98 Å². The standard InChI is InChI=1S/C21H19N3O2/c1-15-7-6-8-18(11-15)23-20(25)16-12-17(14-22-13-16)21(26)24(2)19-9-4-3-5-10-19/h3-14H,1-2H3,(H,23,25). The number of hydrogen-bond donors (Lipinski definition) is 1. The van der Waals surface area contributed by atoms with Crippen LogP contribution in [0, 0.1) is 6.92 Å². The first-order chi connectivity index (χ1) is 12.5. The van der Waals surface area contributed by atoms with Crippen LogP contribution in [-0.2, 0) is 0 Å². The first-order valence-electron chi connectivity index (χ1n) is 8.21. The molecule has 3 aromatic rings. The van der Waals surface area contributed by atoms with E-state index in [-0.39, 0.29) is 11.8 Å². The Morgan fingerprint density at radius 3 is 2.38 bits per heavy atom. The van der Waals surface area contributed by atoms with E-state index in [0.717, 1.165) is 11.3 Å². The van der Waals surface area contributed by atoms with Crippen molar-refractivity contribution >= 4 is 23.2 Å². The molecule has 5 nitrogen and oxygen atoms in total. The van der Waals surface area contributed by atoms with Gasteiger partial charge in [0.1, 0.15) is 0 Å². The Kier molecular flexibility index (Phi) is 5.08. The van der Waals surface area contributed by atoms with Gasteiger partial charge in [0.2, 0.25) is 0 Å². The molecule has 0 atom stereocenters. The van der Waals surface area contributed by atoms with Crippen LogP contribution in [0.2, 0.25) is 0 Å². The average molecular weight is 345 g/mol. The van der Waals surface area contributed by atoms with Crippen LogP contribution in [0.15, 0.2) is 73.1 Å². The summed E-state index contributed by atoms with van der Waals surface area (Å²) in [5.41, 5.74) is 3.21. The maximum absolute atomic E-state index is 12.7. The van der Waals surface area contributed by atoms with Crippen molar-refractivity contribution in [3.05, 3.63) is 89.7 Å². The van der Waals surface area contributed by atoms with Gasteiger partial charge < -0.3 is 10.2 Å². The van der Waals surface area contributed by atoms with Crippen molar-refractivity contribution in [3.8, 4) is 0 Å². The van der Waals surface area contributed by atoms with Crippen molar-refractivity contribution in [2.24, 2.45) is 0 Å². The number of aromatic nitrogens is 1. The van der Waals surface area contributed by atoms with Gasteiger partial charge in [0.15, 0.2) is 0 Å². The van der Waals surface area contributed by atoms with Gasteiger partial charge in [0, 0.05) is 30.8 Å². The fourth-order valence-corrected chi connectivity index (χ4v) is 2.57. The summed E-state index contributed by atoms with van der Waals surface area (Å²) in [5.74, 6) is -0.533. The lowest BCUT2D eigenvalue weighted by Gasteiger charge is -2.17. The van der Waals surface area contributed by atoms with Gasteiger partial charge in [-0.2, -0.15) is 0 Å². The number of para-hydroxylation sites is 1. The number of pyridine rings is 1. The second kappa shape index (κ2) is 7.61. The van der Waals surface area contributed by atoms with Crippen LogP contribution in [0.1, 0.15) is 26.3 Å². The number of nitrogens with zero attached hydrogens (tertiary/aromatic N) is 2. The fraction of sp³-hybridized carbons (Fsp3) is 0.0952. The van der Waals surface area contributed by atoms with Crippen LogP contribution >= 0.6 is 0 Å². The van der Waals surface area contributed by atoms with Gasteiger partial charge in [0.05, 0.1) is 11.1 Å². The maximum Gasteiger partial charge on any atom is 0.259 e. The minimum absolute atomic E-state index is 0.228. The minimum atomic E-state index is -0.305. The van der Waals surface area contributed by atoms with E-state index in [0.29, 0.717) is 16.8 Å². The zero-order chi connectivity index (χ0) is 18.5. The molecule has 1 N–H and O–H groups in total. The molecule has 2 aromatic carbocycles. The van der Waals surface area contributed by atoms with Gasteiger partial charge in [-0.15, -0.1) is 0 Å². The molecule has 0 saturated heterocycles. The lowest BCUT2D eigenvalue weighted by atomic mass is 10.1. The number of aryl methyl sites for hydroxylation is 1. The number of amides is 2. The Balaban J connectivity index is 1.79. The third-order valence-electron chi connectivity index (χ3n) is 3.97. The van der Waals surface area contributed by atoms with Crippen LogP contribution < -0.4 is 10.2 Å². The molecular formula is C21H19N3O2. The SMILES string of the molecule is Cc1cccc(NC(=O)c2cncc(C(=O)N(C)c3ccccc3)c2)c1. The summed E-state index contributed by atoms with van der Waals surface area (Å²) in [4.78, 5) is 30.7. The predicted molar refractivity (Wildman–Crippen MR) is 103 cm³/mol. The van der Waals surface area contributed by atoms with Gasteiger partial charge >= 0.3 is 0 Å². The molecule has 0 spiro atoms. The van der Waals surface area contributed by atoms with E-state index in [9.17, 15) is 9.59 Å². The van der Waals surface area contributed by atoms with Crippen LogP contribution in [0.25, 0.3) is 0 Å². The van der Waals surface area contributed by atoms with Crippen molar-refractivity contribution < 1.29 is 9.59 Å². The third kappa shape index (κ3) is 3.95. The number of hydrogen-bond acceptors (Lipinski definition) is 3. The molecule has 0 aliphatic rings. The molecular weight excluding hydrogens is 326 g/mol. The summed E-state index contributed by atoms with van der Waals surface area (Å²) in [6.07, 6.45) is 2.91. The molecule has 5 heteroatoms. The molecule has 0 bridgehead atoms. The number of rotatable bonds is 4. The summed E-state index contributed by atoms with van der Waals surface area (Å²) < 4.78 is 0. The number of nitrogens with one attached hydrogen (secondary N) is 1. The zero-order valence-corrected chi connectivity index (χ0v) is 14.6. The summed E-state index contributed by atoms with van der Waals surface area (Å²) in [6.45, 7) is 1.95. The summed E-state index contributed by atoms with van der Waals surface area (Å²) in [7, 11) is 1.69. The van der Waals surface area contributed by atoms with Crippen molar-refractivity contribution in [1.29, 1.82) is 0 Å². The highest BCUT2D eigenvalue weighted by atomic mass is 16.2. The predicted octanol–water partition coefficient (Wildman–Crippen LogP) is 3.92. The van der Waals surface area contributed by atoms with Crippen LogP contribution in [0.4, 0.5) is 11.4 Å². The van der Waals surface area contributed by atoms with Crippen LogP contribution in [-0.4, -0.2) is 23.8 Å². The number of anilines is 2. The van der Waals surface area contributed by atoms with Gasteiger partial charge in [-0.05, 0) is 42.8 Å². The molecule has 130 valence electrons. The zero-order valence-electron chi connectivity index (χ0n) is 14.6. The Bertz CT molecular complexity index is 939. The quantitative estimate of drug-likeness (QED) is 0.779. The second-order valence-electron chi connectivity index (χ2n) is 5.99. The van der Waals surface area contributed by atoms with E-state index in [4.69, 9.17) is 0 Å². The largest absolute Gasteiger partial charge is 0.322 e. The molecule has 0 aliphatic carbocycles. The lowest BCUT2D eigenvalue weighted by molar-refractivity contribution is 0.0992. The Morgan fingerprint density at radius 2 is 1.65 bits per heavy atom. The van der Waals surface area contributed by atoms with Crippen LogP contribution in [0.5, 0.6) is 0 Å². The normalized spacial score (nSPS) is 10.2.